The Bertz CT molecular complexity index is 1100. The van der Waals surface area contributed by atoms with Crippen molar-refractivity contribution in [3.05, 3.63) is 112 Å². The van der Waals surface area contributed by atoms with E-state index in [0.717, 1.165) is 28.9 Å². The fourth-order valence-corrected chi connectivity index (χ4v) is 3.70. The van der Waals surface area contributed by atoms with Crippen LogP contribution in [0, 0.1) is 0 Å². The first-order valence-corrected chi connectivity index (χ1v) is 10.7. The molecule has 4 aromatic rings. The van der Waals surface area contributed by atoms with Crippen molar-refractivity contribution in [1.29, 1.82) is 0 Å². The normalized spacial score (nSPS) is 10.9. The minimum atomic E-state index is -0.287. The molecular weight excluding hydrogens is 408 g/mol. The molecule has 1 heterocycles. The highest BCUT2D eigenvalue weighted by atomic mass is 35.5. The van der Waals surface area contributed by atoms with Crippen LogP contribution in [0.3, 0.4) is 0 Å². The molecule has 0 bridgehead atoms. The number of nitrogens with zero attached hydrogens (tertiary/aromatic N) is 3. The van der Waals surface area contributed by atoms with Crippen LogP contribution in [0.4, 0.5) is 0 Å². The maximum Gasteiger partial charge on any atom is 0.274 e. The van der Waals surface area contributed by atoms with Crippen molar-refractivity contribution in [1.82, 2.24) is 20.3 Å². The van der Waals surface area contributed by atoms with E-state index in [0.29, 0.717) is 17.1 Å². The molecule has 1 N–H and O–H groups in total. The van der Waals surface area contributed by atoms with Gasteiger partial charge in [0.2, 0.25) is 0 Å². The van der Waals surface area contributed by atoms with E-state index in [4.69, 9.17) is 11.6 Å². The molecule has 31 heavy (non-hydrogen) atoms. The van der Waals surface area contributed by atoms with Gasteiger partial charge >= 0.3 is 0 Å². The molecule has 1 amide bonds. The summed E-state index contributed by atoms with van der Waals surface area (Å²) >= 11 is 6.02. The SMILES string of the molecule is CCCc1c(C(=O)NC(c2ccccc2)c2ccccc2)nnn1-c1ccc(Cl)cc1. The van der Waals surface area contributed by atoms with Crippen LogP contribution in [0.5, 0.6) is 0 Å². The van der Waals surface area contributed by atoms with Crippen LogP contribution in [0.15, 0.2) is 84.9 Å². The van der Waals surface area contributed by atoms with E-state index in [-0.39, 0.29) is 11.9 Å². The van der Waals surface area contributed by atoms with Crippen LogP contribution < -0.4 is 5.32 Å². The molecule has 3 aromatic carbocycles. The lowest BCUT2D eigenvalue weighted by molar-refractivity contribution is 0.0937. The average Bonchev–Trinajstić information content (AvgIpc) is 3.23. The fraction of sp³-hybridized carbons (Fsp3) is 0.160. The Morgan fingerprint density at radius 2 is 1.52 bits per heavy atom. The summed E-state index contributed by atoms with van der Waals surface area (Å²) in [7, 11) is 0. The number of aromatic nitrogens is 3. The highest BCUT2D eigenvalue weighted by Gasteiger charge is 2.24. The molecule has 1 aromatic heterocycles. The number of halogens is 1. The van der Waals surface area contributed by atoms with Crippen molar-refractivity contribution in [2.45, 2.75) is 25.8 Å². The third-order valence-electron chi connectivity index (χ3n) is 5.08. The molecule has 0 spiro atoms. The van der Waals surface area contributed by atoms with Crippen LogP contribution in [0.25, 0.3) is 5.69 Å². The molecule has 0 aliphatic rings. The molecule has 5 nitrogen and oxygen atoms in total. The highest BCUT2D eigenvalue weighted by Crippen LogP contribution is 2.23. The Hall–Kier alpha value is -3.44. The van der Waals surface area contributed by atoms with Crippen molar-refractivity contribution in [3.8, 4) is 5.69 Å². The molecule has 156 valence electrons. The topological polar surface area (TPSA) is 59.8 Å². The van der Waals surface area contributed by atoms with Gasteiger partial charge in [-0.3, -0.25) is 4.79 Å². The predicted molar refractivity (Wildman–Crippen MR) is 123 cm³/mol. The smallest absolute Gasteiger partial charge is 0.274 e. The third kappa shape index (κ3) is 4.67. The van der Waals surface area contributed by atoms with Gasteiger partial charge in [-0.25, -0.2) is 4.68 Å². The molecule has 6 heteroatoms. The van der Waals surface area contributed by atoms with Gasteiger partial charge in [-0.2, -0.15) is 0 Å². The number of benzene rings is 3. The van der Waals surface area contributed by atoms with E-state index in [1.807, 2.05) is 72.8 Å². The molecule has 0 saturated carbocycles. The Labute approximate surface area is 186 Å². The number of amides is 1. The van der Waals surface area contributed by atoms with Crippen molar-refractivity contribution in [3.63, 3.8) is 0 Å². The molecule has 0 aliphatic carbocycles. The summed E-state index contributed by atoms with van der Waals surface area (Å²) in [5.41, 5.74) is 3.95. The van der Waals surface area contributed by atoms with Gasteiger partial charge in [0.25, 0.3) is 5.91 Å². The minimum absolute atomic E-state index is 0.249. The van der Waals surface area contributed by atoms with Crippen molar-refractivity contribution in [2.75, 3.05) is 0 Å². The zero-order chi connectivity index (χ0) is 21.6. The predicted octanol–water partition coefficient (Wildman–Crippen LogP) is 5.39. The fourth-order valence-electron chi connectivity index (χ4n) is 3.58. The second-order valence-electron chi connectivity index (χ2n) is 7.25. The monoisotopic (exact) mass is 430 g/mol. The number of hydrogen-bond acceptors (Lipinski definition) is 3. The van der Waals surface area contributed by atoms with E-state index in [9.17, 15) is 4.79 Å². The molecule has 0 aliphatic heterocycles. The summed E-state index contributed by atoms with van der Waals surface area (Å²) in [5.74, 6) is -0.249. The molecule has 0 unspecified atom stereocenters. The van der Waals surface area contributed by atoms with Gasteiger partial charge in [0.05, 0.1) is 17.4 Å². The summed E-state index contributed by atoms with van der Waals surface area (Å²) in [4.78, 5) is 13.3. The third-order valence-corrected chi connectivity index (χ3v) is 5.33. The van der Waals surface area contributed by atoms with Gasteiger partial charge in [-0.1, -0.05) is 90.8 Å². The van der Waals surface area contributed by atoms with Crippen LogP contribution >= 0.6 is 11.6 Å². The quantitative estimate of drug-likeness (QED) is 0.427. The maximum atomic E-state index is 13.3. The number of rotatable bonds is 7. The van der Waals surface area contributed by atoms with Gasteiger partial charge in [0, 0.05) is 5.02 Å². The van der Waals surface area contributed by atoms with E-state index < -0.39 is 0 Å². The van der Waals surface area contributed by atoms with Gasteiger partial charge in [-0.15, -0.1) is 5.10 Å². The lowest BCUT2D eigenvalue weighted by Gasteiger charge is -2.19. The highest BCUT2D eigenvalue weighted by molar-refractivity contribution is 6.30. The van der Waals surface area contributed by atoms with Crippen LogP contribution in [0.2, 0.25) is 5.02 Å². The van der Waals surface area contributed by atoms with Gasteiger partial charge in [0.15, 0.2) is 5.69 Å². The summed E-state index contributed by atoms with van der Waals surface area (Å²) in [6, 6.07) is 26.9. The summed E-state index contributed by atoms with van der Waals surface area (Å²) in [6.07, 6.45) is 1.54. The van der Waals surface area contributed by atoms with Gasteiger partial charge < -0.3 is 5.32 Å². The van der Waals surface area contributed by atoms with E-state index in [2.05, 4.69) is 22.6 Å². The minimum Gasteiger partial charge on any atom is -0.340 e. The van der Waals surface area contributed by atoms with E-state index >= 15 is 0 Å². The van der Waals surface area contributed by atoms with Crippen molar-refractivity contribution in [2.24, 2.45) is 0 Å². The van der Waals surface area contributed by atoms with Crippen LogP contribution in [-0.4, -0.2) is 20.9 Å². The lowest BCUT2D eigenvalue weighted by atomic mass is 9.98. The Morgan fingerprint density at radius 3 is 2.06 bits per heavy atom. The lowest BCUT2D eigenvalue weighted by Crippen LogP contribution is -2.30. The summed E-state index contributed by atoms with van der Waals surface area (Å²) in [5, 5.41) is 12.3. The Morgan fingerprint density at radius 1 is 0.935 bits per heavy atom. The first-order valence-electron chi connectivity index (χ1n) is 10.3. The molecular formula is C25H23ClN4O. The van der Waals surface area contributed by atoms with Gasteiger partial charge in [0.1, 0.15) is 0 Å². The number of carbonyl (C=O) groups is 1. The van der Waals surface area contributed by atoms with Crippen molar-refractivity contribution < 1.29 is 4.79 Å². The largest absolute Gasteiger partial charge is 0.340 e. The standard InChI is InChI=1S/C25H23ClN4O/c1-2-9-22-24(28-29-30(22)21-16-14-20(26)15-17-21)25(31)27-23(18-10-5-3-6-11-18)19-12-7-4-8-13-19/h3-8,10-17,23H,2,9H2,1H3,(H,27,31). The zero-order valence-electron chi connectivity index (χ0n) is 17.2. The molecule has 0 fully saturated rings. The van der Waals surface area contributed by atoms with Gasteiger partial charge in [-0.05, 0) is 41.8 Å². The molecule has 0 atom stereocenters. The molecule has 0 saturated heterocycles. The number of hydrogen-bond donors (Lipinski definition) is 1. The number of carbonyl (C=O) groups excluding carboxylic acids is 1. The second-order valence-corrected chi connectivity index (χ2v) is 7.69. The molecule has 4 rings (SSSR count). The summed E-state index contributed by atoms with van der Waals surface area (Å²) in [6.45, 7) is 2.07. The van der Waals surface area contributed by atoms with E-state index in [1.165, 1.54) is 0 Å². The molecule has 0 radical (unpaired) electrons. The first kappa shape index (κ1) is 20.8. The zero-order valence-corrected chi connectivity index (χ0v) is 18.0. The van der Waals surface area contributed by atoms with Crippen LogP contribution in [-0.2, 0) is 6.42 Å². The van der Waals surface area contributed by atoms with E-state index in [1.54, 1.807) is 16.8 Å². The maximum absolute atomic E-state index is 13.3. The Balaban J connectivity index is 1.69. The Kier molecular flexibility index (Phi) is 6.43. The van der Waals surface area contributed by atoms with Crippen molar-refractivity contribution >= 4 is 17.5 Å². The summed E-state index contributed by atoms with van der Waals surface area (Å²) < 4.78 is 1.72. The average molecular weight is 431 g/mol. The van der Waals surface area contributed by atoms with Crippen LogP contribution in [0.1, 0.15) is 46.7 Å². The first-order chi connectivity index (χ1) is 15.2. The second kappa shape index (κ2) is 9.58. The number of nitrogens with one attached hydrogen (secondary N) is 1.